The second-order valence-corrected chi connectivity index (χ2v) is 6.13. The second-order valence-electron chi connectivity index (χ2n) is 5.13. The second kappa shape index (κ2) is 5.83. The molecule has 20 heavy (non-hydrogen) atoms. The Morgan fingerprint density at radius 1 is 1.45 bits per heavy atom. The largest absolute Gasteiger partial charge is 0.481 e. The van der Waals surface area contributed by atoms with Crippen LogP contribution in [0.15, 0.2) is 17.2 Å². The topological polar surface area (TPSA) is 76.5 Å². The number of hydrogen-bond acceptors (Lipinski definition) is 5. The van der Waals surface area contributed by atoms with E-state index >= 15 is 0 Å². The van der Waals surface area contributed by atoms with Crippen molar-refractivity contribution in [1.82, 2.24) is 4.98 Å². The molecule has 1 aromatic heterocycles. The summed E-state index contributed by atoms with van der Waals surface area (Å²) in [6.45, 7) is 1.76. The van der Waals surface area contributed by atoms with E-state index in [1.54, 1.807) is 30.8 Å². The first-order valence-corrected chi connectivity index (χ1v) is 7.35. The zero-order chi connectivity index (χ0) is 14.8. The van der Waals surface area contributed by atoms with Crippen molar-refractivity contribution in [3.63, 3.8) is 0 Å². The lowest BCUT2D eigenvalue weighted by Gasteiger charge is -2.12. The van der Waals surface area contributed by atoms with E-state index in [1.165, 1.54) is 7.11 Å². The lowest BCUT2D eigenvalue weighted by molar-refractivity contribution is -0.138. The number of hydrogen-bond donors (Lipinski definition) is 1. The molecule has 1 aliphatic rings. The predicted octanol–water partition coefficient (Wildman–Crippen LogP) is 2.52. The van der Waals surface area contributed by atoms with Crippen LogP contribution in [-0.4, -0.2) is 34.9 Å². The predicted molar refractivity (Wildman–Crippen MR) is 75.0 cm³/mol. The summed E-state index contributed by atoms with van der Waals surface area (Å²) in [6, 6.07) is 3.48. The summed E-state index contributed by atoms with van der Waals surface area (Å²) < 4.78 is 4.67. The molecule has 0 saturated heterocycles. The van der Waals surface area contributed by atoms with Gasteiger partial charge in [-0.05, 0) is 37.3 Å². The maximum Gasteiger partial charge on any atom is 0.339 e. The number of nitrogens with zero attached hydrogens (tertiary/aromatic N) is 1. The number of aliphatic carboxylic acids is 1. The van der Waals surface area contributed by atoms with Crippen LogP contribution < -0.4 is 0 Å². The van der Waals surface area contributed by atoms with Crippen molar-refractivity contribution in [2.45, 2.75) is 31.2 Å². The zero-order valence-electron chi connectivity index (χ0n) is 11.5. The molecular weight excluding hydrogens is 278 g/mol. The van der Waals surface area contributed by atoms with Crippen LogP contribution in [0.1, 0.15) is 35.3 Å². The summed E-state index contributed by atoms with van der Waals surface area (Å²) in [4.78, 5) is 26.6. The quantitative estimate of drug-likeness (QED) is 0.642. The molecule has 1 aromatic rings. The zero-order valence-corrected chi connectivity index (χ0v) is 12.3. The van der Waals surface area contributed by atoms with Gasteiger partial charge in [-0.25, -0.2) is 9.78 Å². The molecule has 0 atom stereocenters. The first kappa shape index (κ1) is 14.8. The molecule has 2 rings (SSSR count). The minimum atomic E-state index is -0.742. The number of carbonyl (C=O) groups excluding carboxylic acids is 1. The number of carbonyl (C=O) groups is 2. The highest BCUT2D eigenvalue weighted by Crippen LogP contribution is 2.51. The van der Waals surface area contributed by atoms with Crippen LogP contribution in [0.25, 0.3) is 0 Å². The molecule has 1 N–H and O–H groups in total. The first-order valence-electron chi connectivity index (χ1n) is 6.36. The van der Waals surface area contributed by atoms with Crippen molar-refractivity contribution >= 4 is 23.7 Å². The highest BCUT2D eigenvalue weighted by Gasteiger charge is 2.44. The van der Waals surface area contributed by atoms with Crippen LogP contribution in [0, 0.1) is 12.3 Å². The maximum absolute atomic E-state index is 11.5. The molecule has 1 aliphatic carbocycles. The monoisotopic (exact) mass is 295 g/mol. The molecule has 0 bridgehead atoms. The Morgan fingerprint density at radius 3 is 2.65 bits per heavy atom. The van der Waals surface area contributed by atoms with Gasteiger partial charge in [0.15, 0.2) is 0 Å². The molecule has 1 heterocycles. The fourth-order valence-electron chi connectivity index (χ4n) is 2.04. The maximum atomic E-state index is 11.5. The number of pyridine rings is 1. The highest BCUT2D eigenvalue weighted by atomic mass is 32.2. The third-order valence-corrected chi connectivity index (χ3v) is 4.75. The minimum Gasteiger partial charge on any atom is -0.481 e. The molecule has 1 saturated carbocycles. The highest BCUT2D eigenvalue weighted by molar-refractivity contribution is 7.99. The fraction of sp³-hybridized carbons (Fsp3) is 0.500. The molecule has 108 valence electrons. The van der Waals surface area contributed by atoms with Gasteiger partial charge >= 0.3 is 11.9 Å². The van der Waals surface area contributed by atoms with Gasteiger partial charge in [-0.2, -0.15) is 0 Å². The van der Waals surface area contributed by atoms with Gasteiger partial charge in [0.25, 0.3) is 0 Å². The molecule has 5 nitrogen and oxygen atoms in total. The fourth-order valence-corrected chi connectivity index (χ4v) is 3.25. The van der Waals surface area contributed by atoms with Crippen molar-refractivity contribution in [3.05, 3.63) is 23.4 Å². The van der Waals surface area contributed by atoms with E-state index in [9.17, 15) is 9.59 Å². The van der Waals surface area contributed by atoms with Gasteiger partial charge in [0.2, 0.25) is 0 Å². The van der Waals surface area contributed by atoms with Gasteiger partial charge in [-0.3, -0.25) is 4.79 Å². The van der Waals surface area contributed by atoms with E-state index < -0.39 is 11.9 Å². The number of carboxylic acid groups (broad SMARTS) is 1. The van der Waals surface area contributed by atoms with E-state index in [2.05, 4.69) is 9.72 Å². The van der Waals surface area contributed by atoms with Gasteiger partial charge in [0.1, 0.15) is 0 Å². The van der Waals surface area contributed by atoms with E-state index in [4.69, 9.17) is 5.11 Å². The van der Waals surface area contributed by atoms with Crippen molar-refractivity contribution in [1.29, 1.82) is 0 Å². The van der Waals surface area contributed by atoms with Crippen LogP contribution in [0.5, 0.6) is 0 Å². The van der Waals surface area contributed by atoms with E-state index in [0.717, 1.165) is 23.6 Å². The summed E-state index contributed by atoms with van der Waals surface area (Å²) in [5.74, 6) is -0.382. The van der Waals surface area contributed by atoms with Crippen molar-refractivity contribution in [2.75, 3.05) is 12.9 Å². The lowest BCUT2D eigenvalue weighted by Crippen LogP contribution is -2.11. The molecule has 0 aliphatic heterocycles. The molecular formula is C14H17NO4S. The number of thioether (sulfide) groups is 1. The van der Waals surface area contributed by atoms with Crippen LogP contribution in [0.4, 0.5) is 0 Å². The average molecular weight is 295 g/mol. The summed E-state index contributed by atoms with van der Waals surface area (Å²) in [6.07, 6.45) is 2.15. The molecule has 0 unspecified atom stereocenters. The van der Waals surface area contributed by atoms with Crippen molar-refractivity contribution < 1.29 is 19.4 Å². The van der Waals surface area contributed by atoms with Crippen LogP contribution in [0.3, 0.4) is 0 Å². The third-order valence-electron chi connectivity index (χ3n) is 3.48. The van der Waals surface area contributed by atoms with Gasteiger partial charge in [0, 0.05) is 5.75 Å². The van der Waals surface area contributed by atoms with E-state index in [-0.39, 0.29) is 11.8 Å². The van der Waals surface area contributed by atoms with Gasteiger partial charge in [-0.15, -0.1) is 11.8 Å². The summed E-state index contributed by atoms with van der Waals surface area (Å²) in [5.41, 5.74) is 1.03. The smallest absolute Gasteiger partial charge is 0.339 e. The molecule has 6 heteroatoms. The van der Waals surface area contributed by atoms with Crippen molar-refractivity contribution in [3.8, 4) is 0 Å². The number of aryl methyl sites for hydroxylation is 1. The Hall–Kier alpha value is -1.56. The summed E-state index contributed by atoms with van der Waals surface area (Å²) in [7, 11) is 1.34. The standard InChI is InChI=1S/C14H17NO4S/c1-9-10(13(18)19-2)3-4-11(15-9)20-8-14(5-6-14)7-12(16)17/h3-4H,5-8H2,1-2H3,(H,16,17). The van der Waals surface area contributed by atoms with Crippen LogP contribution >= 0.6 is 11.8 Å². The van der Waals surface area contributed by atoms with Gasteiger partial charge in [0.05, 0.1) is 29.8 Å². The van der Waals surface area contributed by atoms with Crippen LogP contribution in [0.2, 0.25) is 0 Å². The molecule has 0 amide bonds. The third kappa shape index (κ3) is 3.50. The average Bonchev–Trinajstić information content (AvgIpc) is 3.15. The SMILES string of the molecule is COC(=O)c1ccc(SCC2(CC(=O)O)CC2)nc1C. The first-order chi connectivity index (χ1) is 9.46. The number of aromatic nitrogens is 1. The van der Waals surface area contributed by atoms with E-state index in [1.807, 2.05) is 0 Å². The number of ether oxygens (including phenoxy) is 1. The number of rotatable bonds is 6. The Balaban J connectivity index is 1.99. The Morgan fingerprint density at radius 2 is 2.15 bits per heavy atom. The number of carboxylic acids is 1. The lowest BCUT2D eigenvalue weighted by atomic mass is 10.1. The Labute approximate surface area is 121 Å². The minimum absolute atomic E-state index is 0.0624. The van der Waals surface area contributed by atoms with Crippen molar-refractivity contribution in [2.24, 2.45) is 5.41 Å². The Bertz CT molecular complexity index is 540. The van der Waals surface area contributed by atoms with Crippen LogP contribution in [-0.2, 0) is 9.53 Å². The normalized spacial score (nSPS) is 15.7. The molecule has 0 aromatic carbocycles. The Kier molecular flexibility index (Phi) is 4.32. The van der Waals surface area contributed by atoms with Gasteiger partial charge < -0.3 is 9.84 Å². The molecule has 0 spiro atoms. The van der Waals surface area contributed by atoms with E-state index in [0.29, 0.717) is 11.3 Å². The summed E-state index contributed by atoms with van der Waals surface area (Å²) >= 11 is 1.55. The summed E-state index contributed by atoms with van der Waals surface area (Å²) in [5, 5.41) is 9.69. The molecule has 0 radical (unpaired) electrons. The van der Waals surface area contributed by atoms with Gasteiger partial charge in [-0.1, -0.05) is 0 Å². The molecule has 1 fully saturated rings. The number of esters is 1. The number of methoxy groups -OCH3 is 1.